The van der Waals surface area contributed by atoms with Gasteiger partial charge in [-0.2, -0.15) is 0 Å². The number of carboxylic acid groups (broad SMARTS) is 1. The Kier molecular flexibility index (Phi) is 5.96. The third-order valence-electron chi connectivity index (χ3n) is 3.99. The van der Waals surface area contributed by atoms with E-state index in [2.05, 4.69) is 10.3 Å². The molecule has 2 N–H and O–H groups in total. The molecule has 0 atom stereocenters. The SMILES string of the molecule is CCN(CC)c1cc(C(=O)O)c2cc(NC(=O)CC(C)C)ccc2n1. The van der Waals surface area contributed by atoms with Crippen LogP contribution in [0, 0.1) is 5.92 Å². The summed E-state index contributed by atoms with van der Waals surface area (Å²) in [6.07, 6.45) is 0.420. The van der Waals surface area contributed by atoms with Crippen molar-refractivity contribution in [2.24, 2.45) is 5.92 Å². The van der Waals surface area contributed by atoms with Crippen molar-refractivity contribution in [3.05, 3.63) is 29.8 Å². The van der Waals surface area contributed by atoms with E-state index in [1.54, 1.807) is 24.3 Å². The van der Waals surface area contributed by atoms with Gasteiger partial charge in [-0.3, -0.25) is 4.79 Å². The Morgan fingerprint density at radius 1 is 1.20 bits per heavy atom. The summed E-state index contributed by atoms with van der Waals surface area (Å²) < 4.78 is 0. The summed E-state index contributed by atoms with van der Waals surface area (Å²) in [5.41, 5.74) is 1.37. The molecule has 0 fully saturated rings. The number of hydrogen-bond donors (Lipinski definition) is 2. The van der Waals surface area contributed by atoms with Crippen molar-refractivity contribution in [3.8, 4) is 0 Å². The maximum Gasteiger partial charge on any atom is 0.336 e. The topological polar surface area (TPSA) is 82.5 Å². The van der Waals surface area contributed by atoms with E-state index in [9.17, 15) is 14.7 Å². The van der Waals surface area contributed by atoms with Crippen molar-refractivity contribution in [2.75, 3.05) is 23.3 Å². The number of carbonyl (C=O) groups excluding carboxylic acids is 1. The van der Waals surface area contributed by atoms with Crippen LogP contribution in [0.1, 0.15) is 44.5 Å². The van der Waals surface area contributed by atoms with Crippen molar-refractivity contribution >= 4 is 34.3 Å². The maximum absolute atomic E-state index is 11.9. The van der Waals surface area contributed by atoms with Gasteiger partial charge < -0.3 is 15.3 Å². The maximum atomic E-state index is 11.9. The van der Waals surface area contributed by atoms with Crippen molar-refractivity contribution < 1.29 is 14.7 Å². The zero-order chi connectivity index (χ0) is 18.6. The lowest BCUT2D eigenvalue weighted by molar-refractivity contribution is -0.116. The lowest BCUT2D eigenvalue weighted by Gasteiger charge is -2.21. The van der Waals surface area contributed by atoms with Gasteiger partial charge in [0.15, 0.2) is 0 Å². The highest BCUT2D eigenvalue weighted by molar-refractivity contribution is 6.05. The molecule has 0 saturated heterocycles. The minimum absolute atomic E-state index is 0.0843. The van der Waals surface area contributed by atoms with Gasteiger partial charge in [-0.25, -0.2) is 9.78 Å². The van der Waals surface area contributed by atoms with Crippen LogP contribution in [-0.2, 0) is 4.79 Å². The van der Waals surface area contributed by atoms with Crippen molar-refractivity contribution in [1.29, 1.82) is 0 Å². The number of anilines is 2. The monoisotopic (exact) mass is 343 g/mol. The zero-order valence-corrected chi connectivity index (χ0v) is 15.2. The molecule has 134 valence electrons. The molecule has 25 heavy (non-hydrogen) atoms. The first-order chi connectivity index (χ1) is 11.8. The van der Waals surface area contributed by atoms with E-state index < -0.39 is 5.97 Å². The number of hydrogen-bond acceptors (Lipinski definition) is 4. The van der Waals surface area contributed by atoms with E-state index in [4.69, 9.17) is 0 Å². The summed E-state index contributed by atoms with van der Waals surface area (Å²) >= 11 is 0. The number of carbonyl (C=O) groups is 2. The van der Waals surface area contributed by atoms with Crippen LogP contribution in [0.4, 0.5) is 11.5 Å². The Morgan fingerprint density at radius 3 is 2.44 bits per heavy atom. The first kappa shape index (κ1) is 18.7. The van der Waals surface area contributed by atoms with E-state index in [0.717, 1.165) is 13.1 Å². The highest BCUT2D eigenvalue weighted by Crippen LogP contribution is 2.26. The summed E-state index contributed by atoms with van der Waals surface area (Å²) in [6.45, 7) is 9.45. The molecule has 0 unspecified atom stereocenters. The molecule has 1 heterocycles. The molecule has 0 bridgehead atoms. The normalized spacial score (nSPS) is 10.9. The lowest BCUT2D eigenvalue weighted by Crippen LogP contribution is -2.23. The molecule has 1 amide bonds. The van der Waals surface area contributed by atoms with Gasteiger partial charge in [0, 0.05) is 30.6 Å². The molecular formula is C19H25N3O3. The fourth-order valence-electron chi connectivity index (χ4n) is 2.76. The van der Waals surface area contributed by atoms with Crippen LogP contribution in [0.5, 0.6) is 0 Å². The standard InChI is InChI=1S/C19H25N3O3/c1-5-22(6-2)17-11-15(19(24)25)14-10-13(7-8-16(14)21-17)20-18(23)9-12(3)4/h7-8,10-12H,5-6,9H2,1-4H3,(H,20,23)(H,24,25). The summed E-state index contributed by atoms with van der Waals surface area (Å²) in [6, 6.07) is 6.78. The Hall–Kier alpha value is -2.63. The summed E-state index contributed by atoms with van der Waals surface area (Å²) in [5.74, 6) is -0.190. The van der Waals surface area contributed by atoms with Crippen LogP contribution in [0.2, 0.25) is 0 Å². The van der Waals surface area contributed by atoms with Crippen LogP contribution in [0.15, 0.2) is 24.3 Å². The van der Waals surface area contributed by atoms with Crippen molar-refractivity contribution in [1.82, 2.24) is 4.98 Å². The minimum Gasteiger partial charge on any atom is -0.478 e. The molecule has 6 heteroatoms. The number of fused-ring (bicyclic) bond motifs is 1. The highest BCUT2D eigenvalue weighted by atomic mass is 16.4. The lowest BCUT2D eigenvalue weighted by atomic mass is 10.1. The minimum atomic E-state index is -1.01. The molecule has 0 saturated carbocycles. The number of amides is 1. The van der Waals surface area contributed by atoms with Crippen molar-refractivity contribution in [3.63, 3.8) is 0 Å². The van der Waals surface area contributed by atoms with E-state index in [1.807, 2.05) is 32.6 Å². The molecule has 1 aromatic carbocycles. The van der Waals surface area contributed by atoms with Gasteiger partial charge in [0.25, 0.3) is 0 Å². The number of aromatic carboxylic acids is 1. The number of carboxylic acids is 1. The molecule has 1 aromatic heterocycles. The third-order valence-corrected chi connectivity index (χ3v) is 3.99. The first-order valence-corrected chi connectivity index (χ1v) is 8.58. The smallest absolute Gasteiger partial charge is 0.336 e. The fourth-order valence-corrected chi connectivity index (χ4v) is 2.76. The average Bonchev–Trinajstić information content (AvgIpc) is 2.54. The summed E-state index contributed by atoms with van der Waals surface area (Å²) in [5, 5.41) is 12.9. The number of nitrogens with one attached hydrogen (secondary N) is 1. The van der Waals surface area contributed by atoms with Gasteiger partial charge in [-0.15, -0.1) is 0 Å². The molecule has 2 rings (SSSR count). The number of pyridine rings is 1. The van der Waals surface area contributed by atoms with Crippen LogP contribution >= 0.6 is 0 Å². The van der Waals surface area contributed by atoms with E-state index in [1.165, 1.54) is 0 Å². The predicted molar refractivity (Wildman–Crippen MR) is 100 cm³/mol. The summed E-state index contributed by atoms with van der Waals surface area (Å²) in [4.78, 5) is 30.2. The van der Waals surface area contributed by atoms with Crippen LogP contribution < -0.4 is 10.2 Å². The number of nitrogens with zero attached hydrogens (tertiary/aromatic N) is 2. The van der Waals surface area contributed by atoms with Crippen LogP contribution in [0.3, 0.4) is 0 Å². The summed E-state index contributed by atoms with van der Waals surface area (Å²) in [7, 11) is 0. The fraction of sp³-hybridized carbons (Fsp3) is 0.421. The van der Waals surface area contributed by atoms with E-state index >= 15 is 0 Å². The zero-order valence-electron chi connectivity index (χ0n) is 15.2. The second-order valence-corrected chi connectivity index (χ2v) is 6.38. The highest BCUT2D eigenvalue weighted by Gasteiger charge is 2.15. The average molecular weight is 343 g/mol. The molecule has 6 nitrogen and oxygen atoms in total. The second kappa shape index (κ2) is 7.96. The Bertz CT molecular complexity index is 783. The number of benzene rings is 1. The number of rotatable bonds is 7. The molecule has 0 aliphatic heterocycles. The molecule has 0 radical (unpaired) electrons. The Balaban J connectivity index is 2.47. The third kappa shape index (κ3) is 4.47. The predicted octanol–water partition coefficient (Wildman–Crippen LogP) is 3.76. The van der Waals surface area contributed by atoms with Crippen molar-refractivity contribution in [2.45, 2.75) is 34.1 Å². The van der Waals surface area contributed by atoms with Gasteiger partial charge in [0.1, 0.15) is 5.82 Å². The Labute approximate surface area is 147 Å². The Morgan fingerprint density at radius 2 is 1.88 bits per heavy atom. The molecular weight excluding hydrogens is 318 g/mol. The molecule has 0 aliphatic rings. The van der Waals surface area contributed by atoms with Gasteiger partial charge in [-0.1, -0.05) is 13.8 Å². The van der Waals surface area contributed by atoms with Crippen LogP contribution in [-0.4, -0.2) is 35.1 Å². The quantitative estimate of drug-likeness (QED) is 0.800. The van der Waals surface area contributed by atoms with Gasteiger partial charge in [0.05, 0.1) is 11.1 Å². The largest absolute Gasteiger partial charge is 0.478 e. The van der Waals surface area contributed by atoms with Gasteiger partial charge in [0.2, 0.25) is 5.91 Å². The first-order valence-electron chi connectivity index (χ1n) is 8.58. The second-order valence-electron chi connectivity index (χ2n) is 6.38. The van der Waals surface area contributed by atoms with Crippen LogP contribution in [0.25, 0.3) is 10.9 Å². The number of aromatic nitrogens is 1. The molecule has 2 aromatic rings. The van der Waals surface area contributed by atoms with Gasteiger partial charge in [-0.05, 0) is 44.0 Å². The van der Waals surface area contributed by atoms with E-state index in [0.29, 0.717) is 28.8 Å². The molecule has 0 spiro atoms. The van der Waals surface area contributed by atoms with Gasteiger partial charge >= 0.3 is 5.97 Å². The van der Waals surface area contributed by atoms with E-state index in [-0.39, 0.29) is 17.4 Å². The molecule has 0 aliphatic carbocycles.